The number of amides is 2. The number of benzene rings is 1. The lowest BCUT2D eigenvalue weighted by Gasteiger charge is -2.07. The molecule has 0 bridgehead atoms. The molecule has 0 aliphatic carbocycles. The predicted molar refractivity (Wildman–Crippen MR) is 120 cm³/mol. The second-order valence-electron chi connectivity index (χ2n) is 6.80. The minimum atomic E-state index is -3.99. The predicted octanol–water partition coefficient (Wildman–Crippen LogP) is 2.26. The fourth-order valence-corrected chi connectivity index (χ4v) is 5.20. The maximum absolute atomic E-state index is 12.6. The number of thiophene rings is 1. The summed E-state index contributed by atoms with van der Waals surface area (Å²) in [6.45, 7) is 1.85. The normalized spacial score (nSPS) is 11.4. The van der Waals surface area contributed by atoms with E-state index in [9.17, 15) is 18.0 Å². The first-order valence-corrected chi connectivity index (χ1v) is 11.8. The van der Waals surface area contributed by atoms with Crippen molar-refractivity contribution >= 4 is 38.8 Å². The lowest BCUT2D eigenvalue weighted by Crippen LogP contribution is -2.41. The number of hydrazine groups is 1. The lowest BCUT2D eigenvalue weighted by atomic mass is 10.2. The summed E-state index contributed by atoms with van der Waals surface area (Å²) >= 11 is 0.998. The molecule has 32 heavy (non-hydrogen) atoms. The lowest BCUT2D eigenvalue weighted by molar-refractivity contribution is 0.0935. The second kappa shape index (κ2) is 8.91. The van der Waals surface area contributed by atoms with E-state index in [0.29, 0.717) is 21.8 Å². The summed E-state index contributed by atoms with van der Waals surface area (Å²) in [7, 11) is -3.99. The van der Waals surface area contributed by atoms with E-state index in [2.05, 4.69) is 20.6 Å². The van der Waals surface area contributed by atoms with Gasteiger partial charge < -0.3 is 5.32 Å². The Labute approximate surface area is 188 Å². The van der Waals surface area contributed by atoms with Crippen LogP contribution in [-0.4, -0.2) is 29.6 Å². The first-order chi connectivity index (χ1) is 15.3. The van der Waals surface area contributed by atoms with Crippen molar-refractivity contribution in [2.24, 2.45) is 0 Å². The zero-order valence-corrected chi connectivity index (χ0v) is 18.5. The number of aromatic nitrogens is 2. The summed E-state index contributed by atoms with van der Waals surface area (Å²) in [4.78, 5) is 31.8. The molecule has 3 heterocycles. The van der Waals surface area contributed by atoms with Crippen LogP contribution in [0.1, 0.15) is 31.4 Å². The molecule has 0 spiro atoms. The molecule has 4 rings (SSSR count). The summed E-state index contributed by atoms with van der Waals surface area (Å²) in [6.07, 6.45) is 1.67. The van der Waals surface area contributed by atoms with Crippen LogP contribution in [0.25, 0.3) is 5.65 Å². The average molecular weight is 470 g/mol. The minimum absolute atomic E-state index is 0.0108. The number of carbonyl (C=O) groups excluding carboxylic acids is 2. The van der Waals surface area contributed by atoms with Crippen molar-refractivity contribution < 1.29 is 18.0 Å². The number of aryl methyl sites for hydroxylation is 1. The van der Waals surface area contributed by atoms with Gasteiger partial charge in [-0.3, -0.25) is 19.4 Å². The number of hydrogen-bond acceptors (Lipinski definition) is 6. The van der Waals surface area contributed by atoms with Crippen molar-refractivity contribution in [3.05, 3.63) is 88.7 Å². The maximum Gasteiger partial charge on any atom is 0.285 e. The summed E-state index contributed by atoms with van der Waals surface area (Å²) < 4.78 is 26.8. The van der Waals surface area contributed by atoms with E-state index < -0.39 is 15.9 Å². The third kappa shape index (κ3) is 4.54. The van der Waals surface area contributed by atoms with Crippen molar-refractivity contribution in [1.82, 2.24) is 25.0 Å². The number of hydrogen-bond donors (Lipinski definition) is 3. The Hall–Kier alpha value is -3.54. The number of pyridine rings is 1. The van der Waals surface area contributed by atoms with Gasteiger partial charge in [0, 0.05) is 16.6 Å². The number of imidazole rings is 1. The van der Waals surface area contributed by atoms with E-state index in [1.54, 1.807) is 66.1 Å². The molecule has 0 saturated heterocycles. The molecule has 0 fully saturated rings. The highest BCUT2D eigenvalue weighted by molar-refractivity contribution is 7.91. The average Bonchev–Trinajstić information content (AvgIpc) is 3.41. The number of nitrogens with one attached hydrogen (secondary N) is 3. The Morgan fingerprint density at radius 2 is 1.75 bits per heavy atom. The summed E-state index contributed by atoms with van der Waals surface area (Å²) in [6, 6.07) is 17.0. The Morgan fingerprint density at radius 3 is 2.53 bits per heavy atom. The smallest absolute Gasteiger partial charge is 0.285 e. The maximum atomic E-state index is 12.6. The molecule has 0 atom stereocenters. The molecule has 3 N–H and O–H groups in total. The first-order valence-electron chi connectivity index (χ1n) is 9.53. The van der Waals surface area contributed by atoms with Crippen LogP contribution in [0.5, 0.6) is 0 Å². The quantitative estimate of drug-likeness (QED) is 0.359. The molecule has 11 heteroatoms. The number of fused-ring (bicyclic) bond motifs is 1. The highest BCUT2D eigenvalue weighted by atomic mass is 32.2. The monoisotopic (exact) mass is 469 g/mol. The molecule has 3 aromatic heterocycles. The number of rotatable bonds is 7. The van der Waals surface area contributed by atoms with Gasteiger partial charge in [-0.05, 0) is 43.3 Å². The fraction of sp³-hybridized carbons (Fsp3) is 0.0952. The number of nitrogens with zero attached hydrogens (tertiary/aromatic N) is 2. The SMILES string of the molecule is Cc1nc2ccccn2c1C(=O)NNS(=O)(=O)c1ccc(CNC(=O)c2ccccc2)s1. The third-order valence-electron chi connectivity index (χ3n) is 4.58. The van der Waals surface area contributed by atoms with E-state index in [-0.39, 0.29) is 22.4 Å². The van der Waals surface area contributed by atoms with E-state index in [0.717, 1.165) is 11.3 Å². The highest BCUT2D eigenvalue weighted by Gasteiger charge is 2.21. The Balaban J connectivity index is 1.40. The molecule has 0 unspecified atom stereocenters. The molecule has 164 valence electrons. The van der Waals surface area contributed by atoms with Crippen LogP contribution in [0.15, 0.2) is 71.1 Å². The van der Waals surface area contributed by atoms with Gasteiger partial charge in [0.15, 0.2) is 0 Å². The molecule has 0 radical (unpaired) electrons. The van der Waals surface area contributed by atoms with Crippen molar-refractivity contribution in [1.29, 1.82) is 0 Å². The first kappa shape index (κ1) is 21.7. The van der Waals surface area contributed by atoms with Gasteiger partial charge in [0.2, 0.25) is 0 Å². The van der Waals surface area contributed by atoms with Crippen molar-refractivity contribution in [2.45, 2.75) is 17.7 Å². The van der Waals surface area contributed by atoms with Crippen LogP contribution < -0.4 is 15.6 Å². The molecule has 0 aliphatic rings. The molecule has 9 nitrogen and oxygen atoms in total. The van der Waals surface area contributed by atoms with Crippen LogP contribution in [-0.2, 0) is 16.6 Å². The van der Waals surface area contributed by atoms with Gasteiger partial charge >= 0.3 is 0 Å². The molecule has 4 aromatic rings. The van der Waals surface area contributed by atoms with E-state index in [1.165, 1.54) is 6.07 Å². The Kier molecular flexibility index (Phi) is 6.04. The zero-order chi connectivity index (χ0) is 22.7. The third-order valence-corrected chi connectivity index (χ3v) is 7.40. The Morgan fingerprint density at radius 1 is 1.00 bits per heavy atom. The largest absolute Gasteiger partial charge is 0.347 e. The van der Waals surface area contributed by atoms with Crippen LogP contribution in [0.4, 0.5) is 0 Å². The number of carbonyl (C=O) groups is 2. The van der Waals surface area contributed by atoms with Gasteiger partial charge in [-0.1, -0.05) is 24.3 Å². The fourth-order valence-electron chi connectivity index (χ4n) is 3.07. The summed E-state index contributed by atoms with van der Waals surface area (Å²) in [5.74, 6) is -0.881. The van der Waals surface area contributed by atoms with Crippen molar-refractivity contribution in [3.8, 4) is 0 Å². The van der Waals surface area contributed by atoms with Crippen LogP contribution in [0.3, 0.4) is 0 Å². The molecule has 1 aromatic carbocycles. The van der Waals surface area contributed by atoms with Gasteiger partial charge in [0.1, 0.15) is 15.6 Å². The van der Waals surface area contributed by atoms with Crippen LogP contribution >= 0.6 is 11.3 Å². The van der Waals surface area contributed by atoms with Gasteiger partial charge in [-0.2, -0.15) is 0 Å². The summed E-state index contributed by atoms with van der Waals surface area (Å²) in [5, 5.41) is 2.75. The van der Waals surface area contributed by atoms with Crippen LogP contribution in [0, 0.1) is 6.92 Å². The topological polar surface area (TPSA) is 122 Å². The van der Waals surface area contributed by atoms with E-state index in [1.807, 2.05) is 6.07 Å². The van der Waals surface area contributed by atoms with Crippen molar-refractivity contribution in [2.75, 3.05) is 0 Å². The molecular formula is C21H19N5O4S2. The van der Waals surface area contributed by atoms with Gasteiger partial charge in [0.05, 0.1) is 12.2 Å². The Bertz CT molecular complexity index is 1390. The highest BCUT2D eigenvalue weighted by Crippen LogP contribution is 2.21. The molecule has 0 saturated carbocycles. The second-order valence-corrected chi connectivity index (χ2v) is 9.88. The standard InChI is InChI=1S/C21H19N5O4S2/c1-14-19(26-12-6-5-9-17(26)23-14)21(28)24-25-32(29,30)18-11-10-16(31-18)13-22-20(27)15-7-3-2-4-8-15/h2-12,25H,13H2,1H3,(H,22,27)(H,24,28). The zero-order valence-electron chi connectivity index (χ0n) is 16.9. The van der Waals surface area contributed by atoms with Crippen LogP contribution in [0.2, 0.25) is 0 Å². The molecule has 0 aliphatic heterocycles. The van der Waals surface area contributed by atoms with Gasteiger partial charge in [-0.15, -0.1) is 16.2 Å². The van der Waals surface area contributed by atoms with E-state index >= 15 is 0 Å². The molecular weight excluding hydrogens is 450 g/mol. The molecule has 2 amide bonds. The van der Waals surface area contributed by atoms with Gasteiger partial charge in [-0.25, -0.2) is 13.4 Å². The van der Waals surface area contributed by atoms with Gasteiger partial charge in [0.25, 0.3) is 21.8 Å². The number of sulfonamides is 1. The minimum Gasteiger partial charge on any atom is -0.347 e. The summed E-state index contributed by atoms with van der Waals surface area (Å²) in [5.41, 5.74) is 4.04. The van der Waals surface area contributed by atoms with E-state index in [4.69, 9.17) is 0 Å². The van der Waals surface area contributed by atoms with Crippen molar-refractivity contribution in [3.63, 3.8) is 0 Å².